The van der Waals surface area contributed by atoms with Gasteiger partial charge in [-0.2, -0.15) is 0 Å². The quantitative estimate of drug-likeness (QED) is 0.667. The van der Waals surface area contributed by atoms with Gasteiger partial charge in [0.15, 0.2) is 0 Å². The van der Waals surface area contributed by atoms with Crippen LogP contribution in [0.3, 0.4) is 0 Å². The van der Waals surface area contributed by atoms with E-state index in [4.69, 9.17) is 5.73 Å². The van der Waals surface area contributed by atoms with Crippen molar-refractivity contribution in [3.8, 4) is 0 Å². The minimum absolute atomic E-state index is 0.657. The molecule has 1 atom stereocenters. The molecule has 0 aromatic carbocycles. The summed E-state index contributed by atoms with van der Waals surface area (Å²) in [4.78, 5) is 5.02. The van der Waals surface area contributed by atoms with Crippen molar-refractivity contribution >= 4 is 0 Å². The van der Waals surface area contributed by atoms with Gasteiger partial charge in [0, 0.05) is 38.8 Å². The van der Waals surface area contributed by atoms with Crippen LogP contribution >= 0.6 is 0 Å². The molecule has 0 aromatic heterocycles. The summed E-state index contributed by atoms with van der Waals surface area (Å²) in [5, 5.41) is 0. The molecule has 0 spiro atoms. The van der Waals surface area contributed by atoms with Crippen molar-refractivity contribution in [3.63, 3.8) is 0 Å². The molecule has 1 aliphatic rings. The zero-order valence-corrected chi connectivity index (χ0v) is 9.45. The first-order chi connectivity index (χ1) is 6.77. The van der Waals surface area contributed by atoms with Crippen LogP contribution in [0.15, 0.2) is 12.2 Å². The minimum Gasteiger partial charge on any atom is -0.327 e. The van der Waals surface area contributed by atoms with Gasteiger partial charge in [0.05, 0.1) is 0 Å². The summed E-state index contributed by atoms with van der Waals surface area (Å²) in [6.07, 6.45) is 4.21. The molecule has 0 radical (unpaired) electrons. The molecule has 1 unspecified atom stereocenters. The summed E-state index contributed by atoms with van der Waals surface area (Å²) in [6.45, 7) is 11.0. The maximum Gasteiger partial charge on any atom is 0.0195 e. The van der Waals surface area contributed by atoms with Crippen LogP contribution in [0.4, 0.5) is 0 Å². The Morgan fingerprint density at radius 2 is 2.14 bits per heavy atom. The summed E-state index contributed by atoms with van der Waals surface area (Å²) >= 11 is 0. The van der Waals surface area contributed by atoms with Crippen LogP contribution in [0.5, 0.6) is 0 Å². The Morgan fingerprint density at radius 1 is 1.36 bits per heavy atom. The average Bonchev–Trinajstić information content (AvgIpc) is 2.18. The average molecular weight is 197 g/mol. The molecule has 0 bridgehead atoms. The standard InChI is InChI=1S/C11H23N3/c1-3-14-9-8-13(10-11(14)2)7-5-4-6-12/h4-5,11H,3,6-10,12H2,1-2H3. The van der Waals surface area contributed by atoms with E-state index in [9.17, 15) is 0 Å². The highest BCUT2D eigenvalue weighted by molar-refractivity contribution is 4.88. The molecule has 2 N–H and O–H groups in total. The zero-order valence-electron chi connectivity index (χ0n) is 9.45. The number of piperazine rings is 1. The van der Waals surface area contributed by atoms with Crippen molar-refractivity contribution in [1.29, 1.82) is 0 Å². The maximum atomic E-state index is 5.40. The van der Waals surface area contributed by atoms with Gasteiger partial charge in [0.1, 0.15) is 0 Å². The van der Waals surface area contributed by atoms with E-state index in [0.29, 0.717) is 12.6 Å². The Labute approximate surface area is 87.6 Å². The predicted molar refractivity (Wildman–Crippen MR) is 61.3 cm³/mol. The van der Waals surface area contributed by atoms with Gasteiger partial charge in [-0.25, -0.2) is 0 Å². The van der Waals surface area contributed by atoms with Crippen molar-refractivity contribution in [2.75, 3.05) is 39.3 Å². The third-order valence-corrected chi connectivity index (χ3v) is 2.92. The van der Waals surface area contributed by atoms with Gasteiger partial charge in [-0.05, 0) is 13.5 Å². The Balaban J connectivity index is 2.27. The molecular formula is C11H23N3. The van der Waals surface area contributed by atoms with Crippen molar-refractivity contribution in [1.82, 2.24) is 9.80 Å². The van der Waals surface area contributed by atoms with Gasteiger partial charge >= 0.3 is 0 Å². The Kier molecular flexibility index (Phi) is 5.15. The maximum absolute atomic E-state index is 5.40. The third-order valence-electron chi connectivity index (χ3n) is 2.92. The fraction of sp³-hybridized carbons (Fsp3) is 0.818. The van der Waals surface area contributed by atoms with Gasteiger partial charge in [-0.1, -0.05) is 19.1 Å². The van der Waals surface area contributed by atoms with Crippen molar-refractivity contribution in [2.24, 2.45) is 5.73 Å². The van der Waals surface area contributed by atoms with Gasteiger partial charge < -0.3 is 5.73 Å². The van der Waals surface area contributed by atoms with E-state index in [0.717, 1.165) is 6.54 Å². The molecule has 1 saturated heterocycles. The second kappa shape index (κ2) is 6.17. The Hall–Kier alpha value is -0.380. The van der Waals surface area contributed by atoms with E-state index in [-0.39, 0.29) is 0 Å². The molecule has 0 amide bonds. The topological polar surface area (TPSA) is 32.5 Å². The van der Waals surface area contributed by atoms with Crippen LogP contribution in [0, 0.1) is 0 Å². The molecule has 0 aliphatic carbocycles. The molecule has 82 valence electrons. The smallest absolute Gasteiger partial charge is 0.0195 e. The Morgan fingerprint density at radius 3 is 2.71 bits per heavy atom. The van der Waals surface area contributed by atoms with Crippen LogP contribution in [0.1, 0.15) is 13.8 Å². The summed E-state index contributed by atoms with van der Waals surface area (Å²) in [5.74, 6) is 0. The normalized spacial score (nSPS) is 26.1. The summed E-state index contributed by atoms with van der Waals surface area (Å²) in [6, 6.07) is 0.694. The van der Waals surface area contributed by atoms with Gasteiger partial charge in [-0.15, -0.1) is 0 Å². The number of rotatable bonds is 4. The fourth-order valence-corrected chi connectivity index (χ4v) is 2.03. The third kappa shape index (κ3) is 3.40. The lowest BCUT2D eigenvalue weighted by atomic mass is 10.2. The molecular weight excluding hydrogens is 174 g/mol. The van der Waals surface area contributed by atoms with Crippen LogP contribution in [-0.2, 0) is 0 Å². The van der Waals surface area contributed by atoms with Crippen molar-refractivity contribution in [2.45, 2.75) is 19.9 Å². The molecule has 0 aromatic rings. The lowest BCUT2D eigenvalue weighted by molar-refractivity contribution is 0.0961. The molecule has 3 nitrogen and oxygen atoms in total. The lowest BCUT2D eigenvalue weighted by Crippen LogP contribution is -2.51. The van der Waals surface area contributed by atoms with Crippen LogP contribution < -0.4 is 5.73 Å². The SMILES string of the molecule is CCN1CCN(CC=CCN)CC1C. The van der Waals surface area contributed by atoms with E-state index in [1.165, 1.54) is 26.2 Å². The van der Waals surface area contributed by atoms with Crippen molar-refractivity contribution < 1.29 is 0 Å². The highest BCUT2D eigenvalue weighted by atomic mass is 15.3. The fourth-order valence-electron chi connectivity index (χ4n) is 2.03. The van der Waals surface area contributed by atoms with E-state index in [2.05, 4.69) is 29.7 Å². The molecule has 1 heterocycles. The van der Waals surface area contributed by atoms with Crippen LogP contribution in [0.25, 0.3) is 0 Å². The highest BCUT2D eigenvalue weighted by Gasteiger charge is 2.20. The number of nitrogens with zero attached hydrogens (tertiary/aromatic N) is 2. The summed E-state index contributed by atoms with van der Waals surface area (Å²) < 4.78 is 0. The van der Waals surface area contributed by atoms with E-state index >= 15 is 0 Å². The highest BCUT2D eigenvalue weighted by Crippen LogP contribution is 2.08. The number of hydrogen-bond donors (Lipinski definition) is 1. The summed E-state index contributed by atoms with van der Waals surface area (Å²) in [5.41, 5.74) is 5.40. The number of hydrogen-bond acceptors (Lipinski definition) is 3. The van der Waals surface area contributed by atoms with Crippen LogP contribution in [-0.4, -0.2) is 55.1 Å². The van der Waals surface area contributed by atoms with Gasteiger partial charge in [-0.3, -0.25) is 9.80 Å². The lowest BCUT2D eigenvalue weighted by Gasteiger charge is -2.38. The van der Waals surface area contributed by atoms with Crippen molar-refractivity contribution in [3.05, 3.63) is 12.2 Å². The molecule has 1 rings (SSSR count). The monoisotopic (exact) mass is 197 g/mol. The predicted octanol–water partition coefficient (Wildman–Crippen LogP) is 0.527. The molecule has 0 saturated carbocycles. The number of likely N-dealkylation sites (N-methyl/N-ethyl adjacent to an activating group) is 1. The Bertz CT molecular complexity index is 179. The molecule has 3 heteroatoms. The van der Waals surface area contributed by atoms with E-state index < -0.39 is 0 Å². The first kappa shape index (κ1) is 11.7. The second-order valence-corrected chi connectivity index (χ2v) is 3.94. The van der Waals surface area contributed by atoms with Crippen LogP contribution in [0.2, 0.25) is 0 Å². The van der Waals surface area contributed by atoms with E-state index in [1.54, 1.807) is 0 Å². The second-order valence-electron chi connectivity index (χ2n) is 3.94. The number of nitrogens with two attached hydrogens (primary N) is 1. The van der Waals surface area contributed by atoms with E-state index in [1.807, 2.05) is 6.08 Å². The minimum atomic E-state index is 0.657. The molecule has 1 fully saturated rings. The summed E-state index contributed by atoms with van der Waals surface area (Å²) in [7, 11) is 0. The first-order valence-electron chi connectivity index (χ1n) is 5.59. The molecule has 14 heavy (non-hydrogen) atoms. The zero-order chi connectivity index (χ0) is 10.4. The largest absolute Gasteiger partial charge is 0.327 e. The first-order valence-corrected chi connectivity index (χ1v) is 5.59. The van der Waals surface area contributed by atoms with Gasteiger partial charge in [0.2, 0.25) is 0 Å². The van der Waals surface area contributed by atoms with Gasteiger partial charge in [0.25, 0.3) is 0 Å². The molecule has 1 aliphatic heterocycles.